The highest BCUT2D eigenvalue weighted by molar-refractivity contribution is 6.31. The number of para-hydroxylation sites is 1. The van der Waals surface area contributed by atoms with E-state index in [2.05, 4.69) is 10.1 Å². The number of ether oxygens (including phenoxy) is 2. The molecular weight excluding hydrogens is 368 g/mol. The van der Waals surface area contributed by atoms with Gasteiger partial charge in [0.15, 0.2) is 6.29 Å². The summed E-state index contributed by atoms with van der Waals surface area (Å²) in [5, 5.41) is 5.77. The number of fused-ring (bicyclic) bond motifs is 1. The van der Waals surface area contributed by atoms with Gasteiger partial charge in [0.1, 0.15) is 5.69 Å². The smallest absolute Gasteiger partial charge is 0.255 e. The average molecular weight is 387 g/mol. The van der Waals surface area contributed by atoms with Gasteiger partial charge in [0.2, 0.25) is 0 Å². The molecule has 0 bridgehead atoms. The van der Waals surface area contributed by atoms with Crippen LogP contribution in [0.15, 0.2) is 42.7 Å². The van der Waals surface area contributed by atoms with Gasteiger partial charge in [0.25, 0.3) is 5.91 Å². The molecule has 3 aromatic rings. The number of hydrogen-bond donors (Lipinski definition) is 0. The van der Waals surface area contributed by atoms with Crippen LogP contribution in [0, 0.1) is 0 Å². The summed E-state index contributed by atoms with van der Waals surface area (Å²) in [6.07, 6.45) is 2.85. The molecule has 1 aliphatic rings. The van der Waals surface area contributed by atoms with Gasteiger partial charge in [-0.3, -0.25) is 14.5 Å². The fraction of sp³-hybridized carbons (Fsp3) is 0.316. The van der Waals surface area contributed by atoms with Gasteiger partial charge in [-0.15, -0.1) is 0 Å². The van der Waals surface area contributed by atoms with Crippen molar-refractivity contribution in [3.05, 3.63) is 59.0 Å². The third-order valence-corrected chi connectivity index (χ3v) is 4.70. The molecular formula is C19H19ClN4O3. The molecule has 1 fully saturated rings. The van der Waals surface area contributed by atoms with Gasteiger partial charge in [-0.2, -0.15) is 5.10 Å². The molecule has 1 saturated heterocycles. The van der Waals surface area contributed by atoms with Crippen LogP contribution in [0.2, 0.25) is 5.02 Å². The number of nitrogens with zero attached hydrogens (tertiary/aromatic N) is 4. The molecule has 7 nitrogen and oxygen atoms in total. The molecule has 4 rings (SSSR count). The van der Waals surface area contributed by atoms with E-state index in [0.717, 1.165) is 10.9 Å². The van der Waals surface area contributed by atoms with Crippen LogP contribution in [0.3, 0.4) is 0 Å². The number of hydrogen-bond acceptors (Lipinski definition) is 5. The number of pyridine rings is 1. The minimum absolute atomic E-state index is 0.172. The predicted octanol–water partition coefficient (Wildman–Crippen LogP) is 2.64. The topological polar surface area (TPSA) is 69.5 Å². The Kier molecular flexibility index (Phi) is 5.07. The summed E-state index contributed by atoms with van der Waals surface area (Å²) in [5.41, 5.74) is 1.97. The second-order valence-electron chi connectivity index (χ2n) is 6.37. The normalized spacial score (nSPS) is 14.7. The third-order valence-electron chi connectivity index (χ3n) is 4.38. The van der Waals surface area contributed by atoms with E-state index in [-0.39, 0.29) is 12.5 Å². The maximum Gasteiger partial charge on any atom is 0.255 e. The Morgan fingerprint density at radius 2 is 2.11 bits per heavy atom. The van der Waals surface area contributed by atoms with Crippen molar-refractivity contribution in [3.63, 3.8) is 0 Å². The monoisotopic (exact) mass is 386 g/mol. The number of carbonyl (C=O) groups is 1. The summed E-state index contributed by atoms with van der Waals surface area (Å²) in [4.78, 5) is 19.2. The highest BCUT2D eigenvalue weighted by atomic mass is 35.5. The standard InChI is InChI=1S/C19H19ClN4O3/c1-23-10-15(20)17(22-23)11-24(12-18-26-6-7-27-18)19(25)14-8-13-4-2-3-5-16(13)21-9-14/h2-5,8-10,18H,6-7,11-12H2,1H3. The van der Waals surface area contributed by atoms with Gasteiger partial charge in [0.05, 0.1) is 42.4 Å². The number of aromatic nitrogens is 3. The van der Waals surface area contributed by atoms with Crippen molar-refractivity contribution >= 4 is 28.4 Å². The summed E-state index contributed by atoms with van der Waals surface area (Å²) < 4.78 is 12.7. The first-order chi connectivity index (χ1) is 13.1. The van der Waals surface area contributed by atoms with Crippen LogP contribution in [0.4, 0.5) is 0 Å². The van der Waals surface area contributed by atoms with Crippen molar-refractivity contribution in [2.75, 3.05) is 19.8 Å². The van der Waals surface area contributed by atoms with Crippen LogP contribution < -0.4 is 0 Å². The number of benzene rings is 1. The molecule has 0 atom stereocenters. The van der Waals surface area contributed by atoms with Crippen LogP contribution in [-0.2, 0) is 23.1 Å². The molecule has 8 heteroatoms. The molecule has 0 aliphatic carbocycles. The van der Waals surface area contributed by atoms with Crippen molar-refractivity contribution in [1.29, 1.82) is 0 Å². The zero-order valence-corrected chi connectivity index (χ0v) is 15.6. The van der Waals surface area contributed by atoms with E-state index in [4.69, 9.17) is 21.1 Å². The molecule has 140 valence electrons. The Hall–Kier alpha value is -2.48. The minimum atomic E-state index is -0.454. The van der Waals surface area contributed by atoms with Crippen molar-refractivity contribution in [3.8, 4) is 0 Å². The number of halogens is 1. The van der Waals surface area contributed by atoms with Crippen molar-refractivity contribution in [1.82, 2.24) is 19.7 Å². The maximum atomic E-state index is 13.2. The summed E-state index contributed by atoms with van der Waals surface area (Å²) >= 11 is 6.24. The number of rotatable bonds is 5. The fourth-order valence-corrected chi connectivity index (χ4v) is 3.31. The second-order valence-corrected chi connectivity index (χ2v) is 6.78. The van der Waals surface area contributed by atoms with Gasteiger partial charge >= 0.3 is 0 Å². The summed E-state index contributed by atoms with van der Waals surface area (Å²) in [5.74, 6) is -0.172. The first-order valence-corrected chi connectivity index (χ1v) is 9.03. The fourth-order valence-electron chi connectivity index (χ4n) is 3.08. The number of carbonyl (C=O) groups excluding carboxylic acids is 1. The van der Waals surface area contributed by atoms with E-state index in [0.29, 0.717) is 36.0 Å². The van der Waals surface area contributed by atoms with Crippen LogP contribution in [0.5, 0.6) is 0 Å². The van der Waals surface area contributed by atoms with Crippen LogP contribution >= 0.6 is 11.6 Å². The lowest BCUT2D eigenvalue weighted by Crippen LogP contribution is -2.37. The Morgan fingerprint density at radius 3 is 2.85 bits per heavy atom. The molecule has 0 radical (unpaired) electrons. The Morgan fingerprint density at radius 1 is 1.33 bits per heavy atom. The highest BCUT2D eigenvalue weighted by Gasteiger charge is 2.26. The molecule has 1 aliphatic heterocycles. The minimum Gasteiger partial charge on any atom is -0.348 e. The predicted molar refractivity (Wildman–Crippen MR) is 100 cm³/mol. The quantitative estimate of drug-likeness (QED) is 0.674. The molecule has 0 saturated carbocycles. The molecule has 27 heavy (non-hydrogen) atoms. The first-order valence-electron chi connectivity index (χ1n) is 8.65. The second kappa shape index (κ2) is 7.64. The van der Waals surface area contributed by atoms with E-state index in [1.165, 1.54) is 0 Å². The molecule has 3 heterocycles. The summed E-state index contributed by atoms with van der Waals surface area (Å²) in [6.45, 7) is 1.59. The number of amides is 1. The zero-order chi connectivity index (χ0) is 18.8. The summed E-state index contributed by atoms with van der Waals surface area (Å²) in [6, 6.07) is 9.52. The van der Waals surface area contributed by atoms with Crippen molar-refractivity contribution in [2.24, 2.45) is 7.05 Å². The SMILES string of the molecule is Cn1cc(Cl)c(CN(CC2OCCO2)C(=O)c2cnc3ccccc3c2)n1. The van der Waals surface area contributed by atoms with Gasteiger partial charge in [-0.1, -0.05) is 29.8 Å². The molecule has 0 spiro atoms. The van der Waals surface area contributed by atoms with E-state index < -0.39 is 6.29 Å². The number of aryl methyl sites for hydroxylation is 1. The van der Waals surface area contributed by atoms with Crippen LogP contribution in [-0.4, -0.2) is 51.6 Å². The third kappa shape index (κ3) is 3.95. The molecule has 1 amide bonds. The van der Waals surface area contributed by atoms with Crippen molar-refractivity contribution in [2.45, 2.75) is 12.8 Å². The Balaban J connectivity index is 1.62. The van der Waals surface area contributed by atoms with Gasteiger partial charge < -0.3 is 14.4 Å². The van der Waals surface area contributed by atoms with Crippen LogP contribution in [0.25, 0.3) is 10.9 Å². The molecule has 2 aromatic heterocycles. The van der Waals surface area contributed by atoms with Crippen molar-refractivity contribution < 1.29 is 14.3 Å². The Labute approximate surface area is 161 Å². The Bertz CT molecular complexity index is 968. The lowest BCUT2D eigenvalue weighted by atomic mass is 10.1. The zero-order valence-electron chi connectivity index (χ0n) is 14.8. The molecule has 1 aromatic carbocycles. The lowest BCUT2D eigenvalue weighted by molar-refractivity contribution is -0.0586. The molecule has 0 unspecified atom stereocenters. The van der Waals surface area contributed by atoms with Gasteiger partial charge in [0, 0.05) is 24.8 Å². The highest BCUT2D eigenvalue weighted by Crippen LogP contribution is 2.20. The first kappa shape index (κ1) is 17.9. The average Bonchev–Trinajstić information content (AvgIpc) is 3.29. The summed E-state index contributed by atoms with van der Waals surface area (Å²) in [7, 11) is 1.79. The largest absolute Gasteiger partial charge is 0.348 e. The van der Waals surface area contributed by atoms with Gasteiger partial charge in [-0.05, 0) is 12.1 Å². The van der Waals surface area contributed by atoms with E-state index in [9.17, 15) is 4.79 Å². The molecule has 0 N–H and O–H groups in total. The van der Waals surface area contributed by atoms with E-state index in [1.807, 2.05) is 30.3 Å². The van der Waals surface area contributed by atoms with E-state index in [1.54, 1.807) is 29.0 Å². The lowest BCUT2D eigenvalue weighted by Gasteiger charge is -2.24. The van der Waals surface area contributed by atoms with Crippen LogP contribution in [0.1, 0.15) is 16.1 Å². The van der Waals surface area contributed by atoms with E-state index >= 15 is 0 Å². The maximum absolute atomic E-state index is 13.2. The van der Waals surface area contributed by atoms with Gasteiger partial charge in [-0.25, -0.2) is 0 Å².